The molecule has 0 unspecified atom stereocenters. The molecule has 1 saturated heterocycles. The highest BCUT2D eigenvalue weighted by molar-refractivity contribution is 7.09. The van der Waals surface area contributed by atoms with Gasteiger partial charge in [-0.2, -0.15) is 0 Å². The summed E-state index contributed by atoms with van der Waals surface area (Å²) in [6.07, 6.45) is 7.01. The first-order valence-corrected chi connectivity index (χ1v) is 15.2. The average molecular weight is 586 g/mol. The molecule has 2 aromatic heterocycles. The molecule has 218 valence electrons. The van der Waals surface area contributed by atoms with Crippen LogP contribution in [0.5, 0.6) is 0 Å². The summed E-state index contributed by atoms with van der Waals surface area (Å²) in [5.74, 6) is -0.869. The third-order valence-corrected chi connectivity index (χ3v) is 8.20. The molecule has 0 atom stereocenters. The Bertz CT molecular complexity index is 1510. The van der Waals surface area contributed by atoms with Gasteiger partial charge in [0.25, 0.3) is 11.8 Å². The van der Waals surface area contributed by atoms with Gasteiger partial charge in [0.1, 0.15) is 16.5 Å². The normalized spacial score (nSPS) is 14.0. The Morgan fingerprint density at radius 3 is 2.52 bits per heavy atom. The fourth-order valence-corrected chi connectivity index (χ4v) is 5.86. The number of aromatic nitrogens is 2. The highest BCUT2D eigenvalue weighted by Crippen LogP contribution is 2.19. The van der Waals surface area contributed by atoms with E-state index in [9.17, 15) is 14.0 Å². The molecule has 0 spiro atoms. The van der Waals surface area contributed by atoms with Crippen molar-refractivity contribution in [2.75, 3.05) is 39.3 Å². The molecule has 1 aliphatic rings. The Morgan fingerprint density at radius 1 is 1.00 bits per heavy atom. The van der Waals surface area contributed by atoms with Gasteiger partial charge >= 0.3 is 0 Å². The SMILES string of the molecule is CCCN(Cc1cccn1Cc1nc(C(=O)N2CCN(C/C=C/c3ccccc3)CC2)cs1)C(=O)c1ccccc1F. The van der Waals surface area contributed by atoms with Gasteiger partial charge in [0.2, 0.25) is 0 Å². The number of carbonyl (C=O) groups is 2. The molecule has 9 heteroatoms. The number of halogens is 1. The fraction of sp³-hybridized carbons (Fsp3) is 0.303. The van der Waals surface area contributed by atoms with Crippen molar-refractivity contribution in [3.05, 3.63) is 118 Å². The largest absolute Gasteiger partial charge is 0.343 e. The van der Waals surface area contributed by atoms with Crippen molar-refractivity contribution in [2.45, 2.75) is 26.4 Å². The van der Waals surface area contributed by atoms with Crippen LogP contribution in [0, 0.1) is 5.82 Å². The van der Waals surface area contributed by atoms with Crippen LogP contribution in [0.1, 0.15) is 50.5 Å². The summed E-state index contributed by atoms with van der Waals surface area (Å²) < 4.78 is 16.4. The molecule has 2 amide bonds. The van der Waals surface area contributed by atoms with E-state index in [4.69, 9.17) is 0 Å². The van der Waals surface area contributed by atoms with Crippen molar-refractivity contribution < 1.29 is 14.0 Å². The molecule has 4 aromatic rings. The smallest absolute Gasteiger partial charge is 0.273 e. The topological polar surface area (TPSA) is 61.7 Å². The van der Waals surface area contributed by atoms with Crippen molar-refractivity contribution in [1.82, 2.24) is 24.3 Å². The molecular formula is C33H36FN5O2S. The van der Waals surface area contributed by atoms with E-state index in [1.54, 1.807) is 17.0 Å². The molecule has 0 saturated carbocycles. The summed E-state index contributed by atoms with van der Waals surface area (Å²) in [6.45, 7) is 7.24. The summed E-state index contributed by atoms with van der Waals surface area (Å²) in [4.78, 5) is 36.9. The van der Waals surface area contributed by atoms with E-state index in [-0.39, 0.29) is 17.4 Å². The Morgan fingerprint density at radius 2 is 1.76 bits per heavy atom. The maximum absolute atomic E-state index is 14.3. The van der Waals surface area contributed by atoms with Crippen molar-refractivity contribution in [2.24, 2.45) is 0 Å². The number of nitrogens with zero attached hydrogens (tertiary/aromatic N) is 5. The van der Waals surface area contributed by atoms with E-state index in [0.29, 0.717) is 38.4 Å². The number of benzene rings is 2. The molecule has 1 fully saturated rings. The molecular weight excluding hydrogens is 549 g/mol. The van der Waals surface area contributed by atoms with Gasteiger partial charge in [0, 0.05) is 56.5 Å². The first kappa shape index (κ1) is 29.4. The van der Waals surface area contributed by atoms with Crippen molar-refractivity contribution in [1.29, 1.82) is 0 Å². The van der Waals surface area contributed by atoms with Gasteiger partial charge in [0.15, 0.2) is 0 Å². The summed E-state index contributed by atoms with van der Waals surface area (Å²) in [5.41, 5.74) is 2.67. The highest BCUT2D eigenvalue weighted by atomic mass is 32.1. The third kappa shape index (κ3) is 7.40. The zero-order valence-electron chi connectivity index (χ0n) is 23.9. The van der Waals surface area contributed by atoms with Crippen molar-refractivity contribution >= 4 is 29.2 Å². The average Bonchev–Trinajstić information content (AvgIpc) is 3.67. The Hall–Kier alpha value is -4.08. The minimum atomic E-state index is -0.514. The number of carbonyl (C=O) groups excluding carboxylic acids is 2. The molecule has 1 aliphatic heterocycles. The van der Waals surface area contributed by atoms with Gasteiger partial charge in [-0.25, -0.2) is 9.37 Å². The van der Waals surface area contributed by atoms with E-state index < -0.39 is 5.82 Å². The quantitative estimate of drug-likeness (QED) is 0.228. The van der Waals surface area contributed by atoms with E-state index in [0.717, 1.165) is 36.8 Å². The molecule has 42 heavy (non-hydrogen) atoms. The van der Waals surface area contributed by atoms with Crippen molar-refractivity contribution in [3.63, 3.8) is 0 Å². The zero-order chi connectivity index (χ0) is 29.3. The third-order valence-electron chi connectivity index (χ3n) is 7.37. The molecule has 7 nitrogen and oxygen atoms in total. The number of amides is 2. The predicted molar refractivity (Wildman–Crippen MR) is 165 cm³/mol. The van der Waals surface area contributed by atoms with Gasteiger partial charge < -0.3 is 14.4 Å². The molecule has 0 radical (unpaired) electrons. The molecule has 5 rings (SSSR count). The molecule has 0 aliphatic carbocycles. The monoisotopic (exact) mass is 585 g/mol. The van der Waals surface area contributed by atoms with Gasteiger partial charge in [-0.05, 0) is 36.2 Å². The maximum Gasteiger partial charge on any atom is 0.273 e. The van der Waals surface area contributed by atoms with E-state index >= 15 is 0 Å². The minimum Gasteiger partial charge on any atom is -0.343 e. The number of rotatable bonds is 11. The highest BCUT2D eigenvalue weighted by Gasteiger charge is 2.24. The lowest BCUT2D eigenvalue weighted by Gasteiger charge is -2.33. The first-order valence-electron chi connectivity index (χ1n) is 14.4. The maximum atomic E-state index is 14.3. The van der Waals surface area contributed by atoms with Crippen molar-refractivity contribution in [3.8, 4) is 0 Å². The van der Waals surface area contributed by atoms with E-state index in [1.165, 1.54) is 29.0 Å². The standard InChI is InChI=1S/C33H36FN5O2S/c1-2-16-39(32(40)28-14-6-7-15-29(28)34)23-27-13-9-18-38(27)24-31-35-30(25-42-31)33(41)37-21-19-36(20-22-37)17-8-12-26-10-4-3-5-11-26/h3-15,18,25H,2,16-17,19-24H2,1H3/b12-8+. The van der Waals surface area contributed by atoms with Crippen LogP contribution in [0.4, 0.5) is 4.39 Å². The minimum absolute atomic E-state index is 0.0330. The molecule has 0 N–H and O–H groups in total. The van der Waals surface area contributed by atoms with Crippen LogP contribution in [-0.4, -0.2) is 75.3 Å². The van der Waals surface area contributed by atoms with Crippen LogP contribution in [0.15, 0.2) is 84.4 Å². The van der Waals surface area contributed by atoms with Crippen LogP contribution < -0.4 is 0 Å². The molecule has 2 aromatic carbocycles. The lowest BCUT2D eigenvalue weighted by molar-refractivity contribution is 0.0644. The fourth-order valence-electron chi connectivity index (χ4n) is 5.10. The van der Waals surface area contributed by atoms with E-state index in [2.05, 4.69) is 34.2 Å². The first-order chi connectivity index (χ1) is 20.5. The predicted octanol–water partition coefficient (Wildman–Crippen LogP) is 5.66. The zero-order valence-corrected chi connectivity index (χ0v) is 24.7. The molecule has 3 heterocycles. The Labute approximate surface area is 250 Å². The summed E-state index contributed by atoms with van der Waals surface area (Å²) >= 11 is 1.46. The number of thiazole rings is 1. The van der Waals surface area contributed by atoms with Crippen LogP contribution in [-0.2, 0) is 13.1 Å². The lowest BCUT2D eigenvalue weighted by Crippen LogP contribution is -2.48. The van der Waals surface area contributed by atoms with Crippen LogP contribution in [0.2, 0.25) is 0 Å². The Balaban J connectivity index is 1.16. The summed E-state index contributed by atoms with van der Waals surface area (Å²) in [5, 5.41) is 2.66. The Kier molecular flexibility index (Phi) is 9.94. The molecule has 0 bridgehead atoms. The number of hydrogen-bond acceptors (Lipinski definition) is 5. The van der Waals surface area contributed by atoms with Gasteiger partial charge in [-0.1, -0.05) is 61.5 Å². The summed E-state index contributed by atoms with van der Waals surface area (Å²) in [7, 11) is 0. The van der Waals surface area contributed by atoms with Crippen LogP contribution in [0.3, 0.4) is 0 Å². The second-order valence-electron chi connectivity index (χ2n) is 10.4. The van der Waals surface area contributed by atoms with Gasteiger partial charge in [0.05, 0.1) is 18.7 Å². The van der Waals surface area contributed by atoms with Gasteiger partial charge in [-0.3, -0.25) is 14.5 Å². The van der Waals surface area contributed by atoms with E-state index in [1.807, 2.05) is 58.3 Å². The van der Waals surface area contributed by atoms with Crippen LogP contribution in [0.25, 0.3) is 6.08 Å². The lowest BCUT2D eigenvalue weighted by atomic mass is 10.1. The summed E-state index contributed by atoms with van der Waals surface area (Å²) in [6, 6.07) is 20.2. The number of piperazine rings is 1. The number of hydrogen-bond donors (Lipinski definition) is 0. The second kappa shape index (κ2) is 14.2. The van der Waals surface area contributed by atoms with Crippen LogP contribution >= 0.6 is 11.3 Å². The van der Waals surface area contributed by atoms with Gasteiger partial charge in [-0.15, -0.1) is 11.3 Å². The second-order valence-corrected chi connectivity index (χ2v) is 11.3.